The molecule has 0 fully saturated rings. The van der Waals surface area contributed by atoms with Gasteiger partial charge in [0.15, 0.2) is 0 Å². The number of nitro groups is 2. The normalized spacial score (nSPS) is 10.5. The Balaban J connectivity index is 1.66. The van der Waals surface area contributed by atoms with Gasteiger partial charge in [0.1, 0.15) is 0 Å². The van der Waals surface area contributed by atoms with Gasteiger partial charge in [0.2, 0.25) is 0 Å². The Labute approximate surface area is 409 Å². The second kappa shape index (κ2) is 24.1. The van der Waals surface area contributed by atoms with E-state index < -0.39 is 9.85 Å². The first-order valence-electron chi connectivity index (χ1n) is 23.8. The van der Waals surface area contributed by atoms with Crippen molar-refractivity contribution in [1.82, 2.24) is 0 Å². The molecule has 0 N–H and O–H groups in total. The van der Waals surface area contributed by atoms with Gasteiger partial charge >= 0.3 is 0 Å². The molecule has 6 aromatic carbocycles. The average molecular weight is 915 g/mol. The van der Waals surface area contributed by atoms with Crippen LogP contribution in [0.1, 0.15) is 79.1 Å². The van der Waals surface area contributed by atoms with E-state index in [2.05, 4.69) is 156 Å². The van der Waals surface area contributed by atoms with Crippen molar-refractivity contribution in [1.29, 1.82) is 0 Å². The number of benzene rings is 5. The van der Waals surface area contributed by atoms with Gasteiger partial charge in [-0.05, 0) is 110 Å². The maximum Gasteiger partial charge on any atom is 0.270 e. The topological polar surface area (TPSA) is 92.8 Å². The largest absolute Gasteiger partial charge is 0.372 e. The van der Waals surface area contributed by atoms with Crippen molar-refractivity contribution in [2.24, 2.45) is 0 Å². The van der Waals surface area contributed by atoms with Crippen molar-refractivity contribution in [2.75, 3.05) is 36.0 Å². The molecule has 0 atom stereocenters. The smallest absolute Gasteiger partial charge is 0.270 e. The Hall–Kier alpha value is -9.02. The lowest BCUT2D eigenvalue weighted by Crippen LogP contribution is -2.29. The Morgan fingerprint density at radius 1 is 0.386 bits per heavy atom. The first kappa shape index (κ1) is 48.9. The standard InChI is InChI=1S/C62H50N4O4/c1-5-9-37-63(38-10-6-2)59-33-29-47-21-25-55-41-58-28-24-50-32-36-62(66(69)70)46-54(50)20-16-14-18-52-44-60(64(39-11-7-3)40-12-8-4)34-30-48(52)22-26-56(58)42-57(55)27-23-49-31-35-61(65(67)68)45-53(49)19-15-13-17-51(47)43-59/h29-36,41-46H,5-12,37-40H2,1-4H3. The van der Waals surface area contributed by atoms with Crippen LogP contribution in [-0.4, -0.2) is 36.0 Å². The fourth-order valence-corrected chi connectivity index (χ4v) is 7.68. The van der Waals surface area contributed by atoms with Crippen molar-refractivity contribution in [2.45, 2.75) is 79.1 Å². The highest BCUT2D eigenvalue weighted by Crippen LogP contribution is 2.21. The van der Waals surface area contributed by atoms with E-state index in [9.17, 15) is 20.2 Å². The lowest BCUT2D eigenvalue weighted by Gasteiger charge is -2.24. The van der Waals surface area contributed by atoms with Gasteiger partial charge in [0, 0.05) is 125 Å². The van der Waals surface area contributed by atoms with Crippen LogP contribution in [0, 0.1) is 68.8 Å². The summed E-state index contributed by atoms with van der Waals surface area (Å²) in [6.45, 7) is 12.4. The predicted octanol–water partition coefficient (Wildman–Crippen LogP) is 9.10. The Morgan fingerprint density at radius 3 is 1.27 bits per heavy atom. The number of non-ortho nitro benzene ring substituents is 2. The lowest BCUT2D eigenvalue weighted by atomic mass is 10.1. The minimum absolute atomic E-state index is 0.112. The molecule has 8 nitrogen and oxygen atoms in total. The van der Waals surface area contributed by atoms with Crippen LogP contribution in [0.5, 0.6) is 0 Å². The molecule has 8 heteroatoms. The van der Waals surface area contributed by atoms with Crippen LogP contribution >= 0.6 is 0 Å². The Bertz CT molecular complexity index is 3740. The molecule has 1 aliphatic rings. The summed E-state index contributed by atoms with van der Waals surface area (Å²) in [5, 5.41) is 30.5. The zero-order chi connectivity index (χ0) is 49.2. The molecule has 0 radical (unpaired) electrons. The third-order valence-electron chi connectivity index (χ3n) is 11.7. The van der Waals surface area contributed by atoms with E-state index in [-0.39, 0.29) is 11.4 Å². The molecule has 0 heterocycles. The van der Waals surface area contributed by atoms with Crippen molar-refractivity contribution in [3.63, 3.8) is 0 Å². The van der Waals surface area contributed by atoms with Gasteiger partial charge in [-0.3, -0.25) is 20.2 Å². The summed E-state index contributed by atoms with van der Waals surface area (Å²) in [6, 6.07) is 50.3. The third-order valence-corrected chi connectivity index (χ3v) is 11.7. The van der Waals surface area contributed by atoms with E-state index in [1.165, 1.54) is 24.3 Å². The second-order valence-electron chi connectivity index (χ2n) is 16.8. The molecule has 0 spiro atoms. The van der Waals surface area contributed by atoms with Gasteiger partial charge in [-0.25, -0.2) is 0 Å². The highest BCUT2D eigenvalue weighted by molar-refractivity contribution is 5.85. The van der Waals surface area contributed by atoms with Gasteiger partial charge in [-0.15, -0.1) is 0 Å². The summed E-state index contributed by atoms with van der Waals surface area (Å²) in [7, 11) is 0. The van der Waals surface area contributed by atoms with Gasteiger partial charge in [-0.1, -0.05) is 124 Å². The van der Waals surface area contributed by atoms with Gasteiger partial charge < -0.3 is 9.80 Å². The van der Waals surface area contributed by atoms with Crippen molar-refractivity contribution < 1.29 is 9.85 Å². The summed E-state index contributed by atoms with van der Waals surface area (Å²) in [5.41, 5.74) is 27.4. The maximum absolute atomic E-state index is 11.9. The second-order valence-corrected chi connectivity index (χ2v) is 16.8. The first-order chi connectivity index (χ1) is 34.2. The molecule has 0 amide bonds. The summed E-state index contributed by atoms with van der Waals surface area (Å²) in [6.07, 6.45) is 8.48. The van der Waals surface area contributed by atoms with E-state index in [4.69, 9.17) is 0 Å². The van der Waals surface area contributed by atoms with E-state index in [1.54, 1.807) is 12.1 Å². The number of rotatable bonds is 16. The number of hydrogen-bond acceptors (Lipinski definition) is 6. The van der Waals surface area contributed by atoms with Crippen LogP contribution in [0.25, 0.3) is 66.7 Å². The molecular formula is C62H50N4O4. The van der Waals surface area contributed by atoms with Gasteiger partial charge in [0.25, 0.3) is 11.4 Å². The monoisotopic (exact) mass is 914 g/mol. The van der Waals surface area contributed by atoms with Crippen LogP contribution < -0.4 is 41.1 Å². The number of anilines is 2. The summed E-state index contributed by atoms with van der Waals surface area (Å²) in [5.74, 6) is 0. The van der Waals surface area contributed by atoms with Crippen LogP contribution in [0.3, 0.4) is 0 Å². The Morgan fingerprint density at radius 2 is 0.757 bits per heavy atom. The predicted molar refractivity (Wildman–Crippen MR) is 280 cm³/mol. The number of hydrogen-bond donors (Lipinski definition) is 0. The maximum atomic E-state index is 11.9. The first-order valence-corrected chi connectivity index (χ1v) is 23.8. The molecule has 6 aromatic rings. The minimum Gasteiger partial charge on any atom is -0.372 e. The minimum atomic E-state index is -0.458. The molecule has 0 bridgehead atoms. The fraction of sp³-hybridized carbons (Fsp3) is 0.258. The number of unbranched alkanes of at least 4 members (excludes halogenated alkanes) is 4. The zero-order valence-electron chi connectivity index (χ0n) is 40.0. The highest BCUT2D eigenvalue weighted by Gasteiger charge is 2.09. The van der Waals surface area contributed by atoms with Crippen molar-refractivity contribution in [3.8, 4) is 0 Å². The van der Waals surface area contributed by atoms with E-state index in [1.807, 2.05) is 24.3 Å². The SMILES string of the molecule is CCCCN(CCCC)c1ccc2c(c1)=C=C=C=C=c1cc([N+](=O)[O-])ccc1=C=C=c1cc3c#cc4ccc(N(CCCC)CCCC)cc4c#cc#cc4cc([N+](=O)[O-])ccc4c#cc3cc1=C=C=2. The van der Waals surface area contributed by atoms with Crippen LogP contribution in [0.4, 0.5) is 22.7 Å². The molecule has 342 valence electrons. The van der Waals surface area contributed by atoms with Crippen molar-refractivity contribution in [3.05, 3.63) is 196 Å². The zero-order valence-corrected chi connectivity index (χ0v) is 40.0. The van der Waals surface area contributed by atoms with Gasteiger partial charge in [-0.2, -0.15) is 0 Å². The average Bonchev–Trinajstić information content (AvgIpc) is 3.37. The molecule has 0 saturated carbocycles. The summed E-state index contributed by atoms with van der Waals surface area (Å²) in [4.78, 5) is 27.6. The van der Waals surface area contributed by atoms with Gasteiger partial charge in [0.05, 0.1) is 9.85 Å². The lowest BCUT2D eigenvalue weighted by molar-refractivity contribution is -0.385. The molecule has 0 saturated heterocycles. The number of nitro benzene ring substituents is 2. The summed E-state index contributed by atoms with van der Waals surface area (Å²) >= 11 is 0. The molecule has 7 rings (SSSR count). The number of fused-ring (bicyclic) bond motifs is 6. The van der Waals surface area contributed by atoms with Crippen LogP contribution in [0.15, 0.2) is 96.4 Å². The van der Waals surface area contributed by atoms with E-state index in [0.29, 0.717) is 63.6 Å². The van der Waals surface area contributed by atoms with E-state index in [0.717, 1.165) is 88.9 Å². The highest BCUT2D eigenvalue weighted by atomic mass is 16.6. The quantitative estimate of drug-likeness (QED) is 0.0546. The van der Waals surface area contributed by atoms with Crippen LogP contribution in [0.2, 0.25) is 0 Å². The van der Waals surface area contributed by atoms with Crippen LogP contribution in [-0.2, 0) is 0 Å². The molecule has 1 aliphatic carbocycles. The molecular weight excluding hydrogens is 865 g/mol. The van der Waals surface area contributed by atoms with E-state index >= 15 is 0 Å². The summed E-state index contributed by atoms with van der Waals surface area (Å²) < 4.78 is 0. The molecule has 0 unspecified atom stereocenters. The molecule has 0 aliphatic heterocycles. The molecule has 70 heavy (non-hydrogen) atoms. The third kappa shape index (κ3) is 12.7. The van der Waals surface area contributed by atoms with Crippen molar-refractivity contribution >= 4 is 89.5 Å². The number of nitrogens with zero attached hydrogens (tertiary/aromatic N) is 4. The Kier molecular flexibility index (Phi) is 16.9. The molecule has 0 aromatic heterocycles. The fourth-order valence-electron chi connectivity index (χ4n) is 7.68.